The average molecular weight is 171 g/mol. The molecule has 0 aromatic rings. The Morgan fingerprint density at radius 2 is 2.42 bits per heavy atom. The molecule has 1 fully saturated rings. The van der Waals surface area contributed by atoms with Crippen LogP contribution in [-0.2, 0) is 9.53 Å². The predicted octanol–water partition coefficient (Wildman–Crippen LogP) is 0.686. The molecule has 0 N–H and O–H groups in total. The van der Waals surface area contributed by atoms with Crippen LogP contribution in [0.5, 0.6) is 0 Å². The molecule has 0 spiro atoms. The van der Waals surface area contributed by atoms with E-state index in [1.807, 2.05) is 0 Å². The number of Topliss-reactive ketones (excluding diaryl/α,β-unsaturated/α-hetero) is 1. The van der Waals surface area contributed by atoms with Gasteiger partial charge >= 0.3 is 0 Å². The first-order valence-corrected chi connectivity index (χ1v) is 4.47. The lowest BCUT2D eigenvalue weighted by molar-refractivity contribution is -0.118. The van der Waals surface area contributed by atoms with Crippen LogP contribution in [-0.4, -0.2) is 43.5 Å². The van der Waals surface area contributed by atoms with Gasteiger partial charge in [0.15, 0.2) is 0 Å². The molecule has 0 radical (unpaired) electrons. The van der Waals surface area contributed by atoms with E-state index >= 15 is 0 Å². The minimum absolute atomic E-state index is 0.248. The fraction of sp³-hybridized carbons (Fsp3) is 0.889. The van der Waals surface area contributed by atoms with Crippen molar-refractivity contribution in [1.82, 2.24) is 4.90 Å². The van der Waals surface area contributed by atoms with Crippen LogP contribution in [0.4, 0.5) is 0 Å². The van der Waals surface area contributed by atoms with Crippen LogP contribution in [0.1, 0.15) is 19.8 Å². The van der Waals surface area contributed by atoms with E-state index in [1.54, 1.807) is 6.92 Å². The van der Waals surface area contributed by atoms with Gasteiger partial charge in [-0.2, -0.15) is 0 Å². The van der Waals surface area contributed by atoms with Crippen LogP contribution < -0.4 is 0 Å². The second-order valence-electron chi connectivity index (χ2n) is 3.47. The molecule has 1 aliphatic heterocycles. The quantitative estimate of drug-likeness (QED) is 0.612. The Hall–Kier alpha value is -0.410. The molecular formula is C9H17NO2. The fourth-order valence-electron chi connectivity index (χ4n) is 1.49. The lowest BCUT2D eigenvalue weighted by Crippen LogP contribution is -2.35. The van der Waals surface area contributed by atoms with Gasteiger partial charge in [-0.15, -0.1) is 0 Å². The van der Waals surface area contributed by atoms with E-state index in [0.717, 1.165) is 19.6 Å². The van der Waals surface area contributed by atoms with Crippen molar-refractivity contribution in [3.05, 3.63) is 0 Å². The number of rotatable bonds is 2. The van der Waals surface area contributed by atoms with Gasteiger partial charge in [0, 0.05) is 25.6 Å². The van der Waals surface area contributed by atoms with Gasteiger partial charge in [-0.05, 0) is 20.4 Å². The second-order valence-corrected chi connectivity index (χ2v) is 3.47. The van der Waals surface area contributed by atoms with Crippen molar-refractivity contribution in [2.75, 3.05) is 26.8 Å². The molecule has 70 valence electrons. The van der Waals surface area contributed by atoms with Gasteiger partial charge in [0.05, 0.1) is 6.61 Å². The van der Waals surface area contributed by atoms with Crippen molar-refractivity contribution < 1.29 is 9.53 Å². The summed E-state index contributed by atoms with van der Waals surface area (Å²) in [6.45, 7) is 4.21. The maximum atomic E-state index is 10.9. The summed E-state index contributed by atoms with van der Waals surface area (Å²) in [5.41, 5.74) is 0. The van der Waals surface area contributed by atoms with E-state index < -0.39 is 0 Å². The highest BCUT2D eigenvalue weighted by atomic mass is 16.5. The van der Waals surface area contributed by atoms with E-state index in [0.29, 0.717) is 19.1 Å². The first-order chi connectivity index (χ1) is 5.70. The third kappa shape index (κ3) is 2.91. The van der Waals surface area contributed by atoms with E-state index in [-0.39, 0.29) is 5.78 Å². The Labute approximate surface area is 73.7 Å². The largest absolute Gasteiger partial charge is 0.380 e. The van der Waals surface area contributed by atoms with Crippen molar-refractivity contribution in [2.45, 2.75) is 25.8 Å². The molecule has 1 aliphatic rings. The monoisotopic (exact) mass is 171 g/mol. The summed E-state index contributed by atoms with van der Waals surface area (Å²) in [4.78, 5) is 13.1. The van der Waals surface area contributed by atoms with Crippen molar-refractivity contribution in [3.63, 3.8) is 0 Å². The van der Waals surface area contributed by atoms with Crippen molar-refractivity contribution >= 4 is 5.78 Å². The lowest BCUT2D eigenvalue weighted by Gasteiger charge is -2.23. The number of likely N-dealkylation sites (N-methyl/N-ethyl adjacent to an activating group) is 1. The van der Waals surface area contributed by atoms with Gasteiger partial charge in [-0.1, -0.05) is 0 Å². The first-order valence-electron chi connectivity index (χ1n) is 4.47. The number of hydrogen-bond acceptors (Lipinski definition) is 3. The number of ketones is 1. The molecule has 1 saturated heterocycles. The minimum atomic E-state index is 0.248. The molecule has 3 heteroatoms. The van der Waals surface area contributed by atoms with E-state index in [9.17, 15) is 4.79 Å². The van der Waals surface area contributed by atoms with Crippen molar-refractivity contribution in [3.8, 4) is 0 Å². The van der Waals surface area contributed by atoms with Gasteiger partial charge in [0.25, 0.3) is 0 Å². The highest BCUT2D eigenvalue weighted by molar-refractivity contribution is 5.76. The summed E-state index contributed by atoms with van der Waals surface area (Å²) in [5, 5.41) is 0. The molecule has 12 heavy (non-hydrogen) atoms. The zero-order valence-corrected chi connectivity index (χ0v) is 7.88. The molecule has 0 aliphatic carbocycles. The number of hydrogen-bond donors (Lipinski definition) is 0. The molecule has 1 unspecified atom stereocenters. The summed E-state index contributed by atoms with van der Waals surface area (Å²) < 4.78 is 5.38. The molecule has 1 atom stereocenters. The topological polar surface area (TPSA) is 29.5 Å². The van der Waals surface area contributed by atoms with Gasteiger partial charge in [-0.3, -0.25) is 4.79 Å². The zero-order valence-electron chi connectivity index (χ0n) is 7.88. The van der Waals surface area contributed by atoms with Crippen LogP contribution in [0.25, 0.3) is 0 Å². The maximum absolute atomic E-state index is 10.9. The normalized spacial score (nSPS) is 26.7. The van der Waals surface area contributed by atoms with Crippen LogP contribution in [0.3, 0.4) is 0 Å². The standard InChI is InChI=1S/C9H17NO2/c1-8(11)6-9-7-12-5-3-4-10(9)2/h9H,3-7H2,1-2H3. The highest BCUT2D eigenvalue weighted by Gasteiger charge is 2.18. The van der Waals surface area contributed by atoms with E-state index in [1.165, 1.54) is 0 Å². The summed E-state index contributed by atoms with van der Waals surface area (Å²) >= 11 is 0. The average Bonchev–Trinajstić information content (AvgIpc) is 2.16. The number of nitrogens with zero attached hydrogens (tertiary/aromatic N) is 1. The van der Waals surface area contributed by atoms with Gasteiger partial charge in [0.1, 0.15) is 5.78 Å². The second kappa shape index (κ2) is 4.58. The Balaban J connectivity index is 2.41. The lowest BCUT2D eigenvalue weighted by atomic mass is 10.1. The Morgan fingerprint density at radius 3 is 3.08 bits per heavy atom. The Morgan fingerprint density at radius 1 is 1.67 bits per heavy atom. The third-order valence-electron chi connectivity index (χ3n) is 2.26. The predicted molar refractivity (Wildman–Crippen MR) is 47.2 cm³/mol. The zero-order chi connectivity index (χ0) is 8.97. The third-order valence-corrected chi connectivity index (χ3v) is 2.26. The first kappa shape index (κ1) is 9.68. The molecule has 0 aromatic heterocycles. The van der Waals surface area contributed by atoms with Crippen LogP contribution in [0, 0.1) is 0 Å². The molecular weight excluding hydrogens is 154 g/mol. The molecule has 3 nitrogen and oxygen atoms in total. The van der Waals surface area contributed by atoms with Crippen LogP contribution >= 0.6 is 0 Å². The highest BCUT2D eigenvalue weighted by Crippen LogP contribution is 2.08. The molecule has 0 amide bonds. The summed E-state index contributed by atoms with van der Waals surface area (Å²) in [5.74, 6) is 0.248. The molecule has 0 bridgehead atoms. The number of ether oxygens (including phenoxy) is 1. The van der Waals surface area contributed by atoms with Gasteiger partial charge in [-0.25, -0.2) is 0 Å². The smallest absolute Gasteiger partial charge is 0.131 e. The Bertz CT molecular complexity index is 159. The summed E-state index contributed by atoms with van der Waals surface area (Å²) in [6.07, 6.45) is 1.70. The maximum Gasteiger partial charge on any atom is 0.131 e. The summed E-state index contributed by atoms with van der Waals surface area (Å²) in [6, 6.07) is 0.296. The minimum Gasteiger partial charge on any atom is -0.380 e. The van der Waals surface area contributed by atoms with Crippen molar-refractivity contribution in [1.29, 1.82) is 0 Å². The fourth-order valence-corrected chi connectivity index (χ4v) is 1.49. The number of carbonyl (C=O) groups excluding carboxylic acids is 1. The molecule has 1 rings (SSSR count). The molecule has 0 saturated carbocycles. The molecule has 1 heterocycles. The van der Waals surface area contributed by atoms with E-state index in [2.05, 4.69) is 11.9 Å². The van der Waals surface area contributed by atoms with Crippen LogP contribution in [0.15, 0.2) is 0 Å². The Kier molecular flexibility index (Phi) is 3.69. The number of carbonyl (C=O) groups is 1. The molecule has 0 aromatic carbocycles. The van der Waals surface area contributed by atoms with Gasteiger partial charge in [0.2, 0.25) is 0 Å². The van der Waals surface area contributed by atoms with Crippen molar-refractivity contribution in [2.24, 2.45) is 0 Å². The van der Waals surface area contributed by atoms with Gasteiger partial charge < -0.3 is 9.64 Å². The summed E-state index contributed by atoms with van der Waals surface area (Å²) in [7, 11) is 2.06. The SMILES string of the molecule is CC(=O)CC1COCCCN1C. The van der Waals surface area contributed by atoms with Crippen LogP contribution in [0.2, 0.25) is 0 Å². The van der Waals surface area contributed by atoms with E-state index in [4.69, 9.17) is 4.74 Å².